The molecule has 3 nitrogen and oxygen atoms in total. The molecule has 0 bridgehead atoms. The number of hydrogen-bond donors (Lipinski definition) is 3. The van der Waals surface area contributed by atoms with E-state index in [2.05, 4.69) is 16.9 Å². The first kappa shape index (κ1) is 13.2. The van der Waals surface area contributed by atoms with Gasteiger partial charge in [-0.25, -0.2) is 0 Å². The van der Waals surface area contributed by atoms with Crippen LogP contribution in [0.5, 0.6) is 0 Å². The van der Waals surface area contributed by atoms with Gasteiger partial charge >= 0.3 is 0 Å². The fourth-order valence-corrected chi connectivity index (χ4v) is 1.35. The number of nitrogens with one attached hydrogen (secondary N) is 2. The molecule has 0 aromatic heterocycles. The van der Waals surface area contributed by atoms with Crippen molar-refractivity contribution in [1.29, 1.82) is 0 Å². The Morgan fingerprint density at radius 2 is 1.62 bits per heavy atom. The van der Waals surface area contributed by atoms with E-state index in [1.54, 1.807) is 0 Å². The lowest BCUT2D eigenvalue weighted by Crippen LogP contribution is -2.22. The molecule has 0 spiro atoms. The fourth-order valence-electron chi connectivity index (χ4n) is 1.00. The molecule has 0 aliphatic carbocycles. The quantitative estimate of drug-likeness (QED) is 0.450. The second kappa shape index (κ2) is 12.2. The lowest BCUT2D eigenvalue weighted by atomic mass is 10.3. The summed E-state index contributed by atoms with van der Waals surface area (Å²) < 4.78 is 0. The number of thioether (sulfide) groups is 1. The van der Waals surface area contributed by atoms with Crippen molar-refractivity contribution in [1.82, 2.24) is 10.6 Å². The molecule has 0 saturated heterocycles. The van der Waals surface area contributed by atoms with Gasteiger partial charge < -0.3 is 15.7 Å². The van der Waals surface area contributed by atoms with Gasteiger partial charge in [0.25, 0.3) is 0 Å². The molecule has 80 valence electrons. The van der Waals surface area contributed by atoms with Crippen molar-refractivity contribution in [3.05, 3.63) is 0 Å². The standard InChI is InChI=1S/C9H22N2OS/c1-13-9-7-11-5-3-2-4-10-6-8-12/h10-12H,2-9H2,1H3. The summed E-state index contributed by atoms with van der Waals surface area (Å²) in [4.78, 5) is 0. The van der Waals surface area contributed by atoms with Crippen molar-refractivity contribution in [2.75, 3.05) is 44.8 Å². The summed E-state index contributed by atoms with van der Waals surface area (Å²) in [5.41, 5.74) is 0. The van der Waals surface area contributed by atoms with Gasteiger partial charge in [-0.15, -0.1) is 0 Å². The van der Waals surface area contributed by atoms with Crippen LogP contribution < -0.4 is 10.6 Å². The Balaban J connectivity index is 2.76. The van der Waals surface area contributed by atoms with Gasteiger partial charge in [0.15, 0.2) is 0 Å². The third kappa shape index (κ3) is 12.2. The van der Waals surface area contributed by atoms with Gasteiger partial charge in [-0.2, -0.15) is 11.8 Å². The van der Waals surface area contributed by atoms with E-state index < -0.39 is 0 Å². The first-order valence-corrected chi connectivity index (χ1v) is 6.32. The highest BCUT2D eigenvalue weighted by atomic mass is 32.2. The zero-order chi connectivity index (χ0) is 9.78. The summed E-state index contributed by atoms with van der Waals surface area (Å²) in [6, 6.07) is 0. The van der Waals surface area contributed by atoms with E-state index in [1.165, 1.54) is 18.6 Å². The van der Waals surface area contributed by atoms with Crippen LogP contribution in [0.15, 0.2) is 0 Å². The average molecular weight is 206 g/mol. The Hall–Kier alpha value is 0.230. The monoisotopic (exact) mass is 206 g/mol. The van der Waals surface area contributed by atoms with Gasteiger partial charge in [-0.05, 0) is 32.2 Å². The van der Waals surface area contributed by atoms with Crippen LogP contribution in [-0.2, 0) is 0 Å². The number of aliphatic hydroxyl groups is 1. The minimum atomic E-state index is 0.242. The molecule has 0 heterocycles. The maximum absolute atomic E-state index is 8.49. The van der Waals surface area contributed by atoms with Crippen molar-refractivity contribution in [3.8, 4) is 0 Å². The average Bonchev–Trinajstić information content (AvgIpc) is 2.16. The van der Waals surface area contributed by atoms with Crippen molar-refractivity contribution < 1.29 is 5.11 Å². The molecular formula is C9H22N2OS. The number of aliphatic hydroxyl groups excluding tert-OH is 1. The molecule has 0 fully saturated rings. The SMILES string of the molecule is CSCCNCCCCNCCO. The molecule has 0 aliphatic heterocycles. The Kier molecular flexibility index (Phi) is 12.4. The van der Waals surface area contributed by atoms with Crippen LogP contribution in [0.4, 0.5) is 0 Å². The Morgan fingerprint density at radius 1 is 1.00 bits per heavy atom. The highest BCUT2D eigenvalue weighted by Gasteiger charge is 1.88. The first-order chi connectivity index (χ1) is 6.41. The van der Waals surface area contributed by atoms with E-state index in [9.17, 15) is 0 Å². The van der Waals surface area contributed by atoms with E-state index >= 15 is 0 Å². The van der Waals surface area contributed by atoms with Crippen molar-refractivity contribution in [2.24, 2.45) is 0 Å². The van der Waals surface area contributed by atoms with Crippen LogP contribution in [0.25, 0.3) is 0 Å². The Bertz CT molecular complexity index is 83.7. The summed E-state index contributed by atoms with van der Waals surface area (Å²) in [5, 5.41) is 15.0. The maximum atomic E-state index is 8.49. The lowest BCUT2D eigenvalue weighted by molar-refractivity contribution is 0.292. The molecule has 0 aromatic rings. The van der Waals surface area contributed by atoms with Gasteiger partial charge in [-0.1, -0.05) is 0 Å². The molecule has 0 aromatic carbocycles. The predicted molar refractivity (Wildman–Crippen MR) is 60.4 cm³/mol. The number of rotatable bonds is 10. The number of hydrogen-bond acceptors (Lipinski definition) is 4. The molecule has 0 unspecified atom stereocenters. The predicted octanol–water partition coefficient (Wildman–Crippen LogP) is 0.301. The molecule has 4 heteroatoms. The van der Waals surface area contributed by atoms with Crippen molar-refractivity contribution in [2.45, 2.75) is 12.8 Å². The van der Waals surface area contributed by atoms with Crippen LogP contribution in [0.3, 0.4) is 0 Å². The summed E-state index contributed by atoms with van der Waals surface area (Å²) in [5.74, 6) is 1.20. The smallest absolute Gasteiger partial charge is 0.0555 e. The summed E-state index contributed by atoms with van der Waals surface area (Å²) in [6.07, 6.45) is 4.53. The van der Waals surface area contributed by atoms with E-state index in [1.807, 2.05) is 11.8 Å². The van der Waals surface area contributed by atoms with Crippen LogP contribution in [-0.4, -0.2) is 49.9 Å². The molecule has 3 N–H and O–H groups in total. The van der Waals surface area contributed by atoms with Crippen LogP contribution >= 0.6 is 11.8 Å². The number of unbranched alkanes of at least 4 members (excludes halogenated alkanes) is 1. The van der Waals surface area contributed by atoms with Crippen LogP contribution in [0.2, 0.25) is 0 Å². The maximum Gasteiger partial charge on any atom is 0.0555 e. The molecule has 0 radical (unpaired) electrons. The molecule has 13 heavy (non-hydrogen) atoms. The third-order valence-corrected chi connectivity index (χ3v) is 2.34. The van der Waals surface area contributed by atoms with E-state index in [-0.39, 0.29) is 6.61 Å². The highest BCUT2D eigenvalue weighted by Crippen LogP contribution is 1.88. The van der Waals surface area contributed by atoms with Crippen molar-refractivity contribution in [3.63, 3.8) is 0 Å². The van der Waals surface area contributed by atoms with Gasteiger partial charge in [0.1, 0.15) is 0 Å². The largest absolute Gasteiger partial charge is 0.395 e. The van der Waals surface area contributed by atoms with Gasteiger partial charge in [0.2, 0.25) is 0 Å². The van der Waals surface area contributed by atoms with Crippen LogP contribution in [0.1, 0.15) is 12.8 Å². The lowest BCUT2D eigenvalue weighted by Gasteiger charge is -2.04. The Labute approximate surface area is 85.7 Å². The molecular weight excluding hydrogens is 184 g/mol. The van der Waals surface area contributed by atoms with E-state index in [0.29, 0.717) is 0 Å². The summed E-state index contributed by atoms with van der Waals surface area (Å²) in [7, 11) is 0. The second-order valence-corrected chi connectivity index (χ2v) is 3.91. The molecule has 0 saturated carbocycles. The van der Waals surface area contributed by atoms with Gasteiger partial charge in [0.05, 0.1) is 6.61 Å². The minimum Gasteiger partial charge on any atom is -0.395 e. The first-order valence-electron chi connectivity index (χ1n) is 4.93. The van der Waals surface area contributed by atoms with Crippen molar-refractivity contribution >= 4 is 11.8 Å². The van der Waals surface area contributed by atoms with Gasteiger partial charge in [0, 0.05) is 18.8 Å². The third-order valence-electron chi connectivity index (χ3n) is 1.73. The molecule has 0 atom stereocenters. The topological polar surface area (TPSA) is 44.3 Å². The summed E-state index contributed by atoms with van der Waals surface area (Å²) in [6.45, 7) is 4.21. The molecule has 0 amide bonds. The summed E-state index contributed by atoms with van der Waals surface area (Å²) >= 11 is 1.87. The molecule has 0 aliphatic rings. The normalized spacial score (nSPS) is 10.6. The fraction of sp³-hybridized carbons (Fsp3) is 1.00. The second-order valence-electron chi connectivity index (χ2n) is 2.92. The highest BCUT2D eigenvalue weighted by molar-refractivity contribution is 7.98. The minimum absolute atomic E-state index is 0.242. The molecule has 0 rings (SSSR count). The van der Waals surface area contributed by atoms with E-state index in [4.69, 9.17) is 5.11 Å². The Morgan fingerprint density at radius 3 is 2.15 bits per heavy atom. The zero-order valence-electron chi connectivity index (χ0n) is 8.51. The van der Waals surface area contributed by atoms with Crippen LogP contribution in [0, 0.1) is 0 Å². The van der Waals surface area contributed by atoms with E-state index in [0.717, 1.165) is 26.2 Å². The van der Waals surface area contributed by atoms with Gasteiger partial charge in [-0.3, -0.25) is 0 Å². The zero-order valence-corrected chi connectivity index (χ0v) is 9.33.